The van der Waals surface area contributed by atoms with Crippen molar-refractivity contribution in [2.45, 2.75) is 59.1 Å². The Morgan fingerprint density at radius 3 is 2.59 bits per heavy atom. The summed E-state index contributed by atoms with van der Waals surface area (Å²) in [6.45, 7) is 12.1. The molecule has 0 atom stereocenters. The summed E-state index contributed by atoms with van der Waals surface area (Å²) >= 11 is 0. The monoisotopic (exact) mass is 404 g/mol. The minimum Gasteiger partial charge on any atom is -0.444 e. The topological polar surface area (TPSA) is 90.9 Å². The van der Waals surface area contributed by atoms with Crippen LogP contribution in [-0.4, -0.2) is 55.4 Å². The Hall–Kier alpha value is -2.51. The molecule has 0 aromatic carbocycles. The Morgan fingerprint density at radius 2 is 1.90 bits per heavy atom. The minimum atomic E-state index is -0.495. The molecule has 1 aromatic rings. The maximum atomic E-state index is 11.7. The number of nitrogens with one attached hydrogen (secondary N) is 3. The molecule has 1 saturated heterocycles. The van der Waals surface area contributed by atoms with Crippen LogP contribution in [0, 0.1) is 0 Å². The third-order valence-electron chi connectivity index (χ3n) is 4.34. The van der Waals surface area contributed by atoms with Gasteiger partial charge < -0.3 is 25.6 Å². The molecule has 0 unspecified atom stereocenters. The lowest BCUT2D eigenvalue weighted by Crippen LogP contribution is -2.42. The van der Waals surface area contributed by atoms with E-state index in [-0.39, 0.29) is 0 Å². The number of hydrogen-bond acceptors (Lipinski definition) is 5. The number of anilines is 1. The molecule has 1 aromatic heterocycles. The highest BCUT2D eigenvalue weighted by Crippen LogP contribution is 2.18. The maximum Gasteiger partial charge on any atom is 0.407 e. The lowest BCUT2D eigenvalue weighted by atomic mass is 10.1. The van der Waals surface area contributed by atoms with Gasteiger partial charge in [-0.05, 0) is 64.7 Å². The molecule has 1 fully saturated rings. The molecular formula is C21H36N6O2. The fourth-order valence-corrected chi connectivity index (χ4v) is 3.03. The Bertz CT molecular complexity index is 665. The van der Waals surface area contributed by atoms with Gasteiger partial charge in [-0.15, -0.1) is 0 Å². The van der Waals surface area contributed by atoms with Gasteiger partial charge in [0.25, 0.3) is 0 Å². The van der Waals surface area contributed by atoms with Crippen LogP contribution < -0.4 is 20.9 Å². The molecule has 0 saturated carbocycles. The molecule has 1 aliphatic rings. The van der Waals surface area contributed by atoms with Crippen molar-refractivity contribution < 1.29 is 9.53 Å². The van der Waals surface area contributed by atoms with Crippen LogP contribution in [0.1, 0.15) is 52.5 Å². The summed E-state index contributed by atoms with van der Waals surface area (Å²) in [5.41, 5.74) is 0.635. The molecule has 2 heterocycles. The van der Waals surface area contributed by atoms with E-state index in [9.17, 15) is 4.79 Å². The number of aromatic nitrogens is 1. The summed E-state index contributed by atoms with van der Waals surface area (Å²) in [5.74, 6) is 1.76. The second-order valence-corrected chi connectivity index (χ2v) is 8.12. The van der Waals surface area contributed by atoms with Gasteiger partial charge in [0.1, 0.15) is 11.4 Å². The summed E-state index contributed by atoms with van der Waals surface area (Å²) in [6, 6.07) is 4.13. The van der Waals surface area contributed by atoms with Crippen molar-refractivity contribution in [2.75, 3.05) is 37.6 Å². The van der Waals surface area contributed by atoms with Crippen molar-refractivity contribution in [3.63, 3.8) is 0 Å². The van der Waals surface area contributed by atoms with Crippen molar-refractivity contribution in [1.82, 2.24) is 20.9 Å². The number of ether oxygens (including phenoxy) is 1. The Labute approximate surface area is 174 Å². The van der Waals surface area contributed by atoms with Gasteiger partial charge in [-0.25, -0.2) is 14.8 Å². The number of guanidine groups is 1. The van der Waals surface area contributed by atoms with Gasteiger partial charge >= 0.3 is 6.09 Å². The van der Waals surface area contributed by atoms with E-state index in [1.807, 2.05) is 40.0 Å². The first kappa shape index (κ1) is 22.8. The molecule has 29 heavy (non-hydrogen) atoms. The second kappa shape index (κ2) is 11.5. The molecule has 0 spiro atoms. The zero-order chi connectivity index (χ0) is 21.1. The predicted molar refractivity (Wildman–Crippen MR) is 117 cm³/mol. The second-order valence-electron chi connectivity index (χ2n) is 8.12. The van der Waals surface area contributed by atoms with Gasteiger partial charge in [-0.3, -0.25) is 0 Å². The zero-order valence-corrected chi connectivity index (χ0v) is 18.3. The van der Waals surface area contributed by atoms with E-state index in [4.69, 9.17) is 4.74 Å². The number of alkyl carbamates (subject to hydrolysis) is 1. The molecule has 162 valence electrons. The molecule has 3 N–H and O–H groups in total. The third-order valence-corrected chi connectivity index (χ3v) is 4.34. The SMILES string of the molecule is CCNC(=NCc1ccnc(N2CCCCC2)c1)NCCNC(=O)OC(C)(C)C. The van der Waals surface area contributed by atoms with Gasteiger partial charge in [-0.2, -0.15) is 0 Å². The first-order valence-electron chi connectivity index (χ1n) is 10.6. The molecule has 8 nitrogen and oxygen atoms in total. The predicted octanol–water partition coefficient (Wildman–Crippen LogP) is 2.65. The maximum absolute atomic E-state index is 11.7. The number of carbonyl (C=O) groups is 1. The van der Waals surface area contributed by atoms with Crippen LogP contribution in [0.2, 0.25) is 0 Å². The molecular weight excluding hydrogens is 368 g/mol. The van der Waals surface area contributed by atoms with Crippen LogP contribution >= 0.6 is 0 Å². The first-order valence-corrected chi connectivity index (χ1v) is 10.6. The molecule has 1 amide bonds. The van der Waals surface area contributed by atoms with Gasteiger partial charge in [0.2, 0.25) is 0 Å². The summed E-state index contributed by atoms with van der Waals surface area (Å²) in [5, 5.41) is 9.19. The van der Waals surface area contributed by atoms with Crippen LogP contribution in [-0.2, 0) is 11.3 Å². The van der Waals surface area contributed by atoms with Crippen molar-refractivity contribution in [3.8, 4) is 0 Å². The fraction of sp³-hybridized carbons (Fsp3) is 0.667. The van der Waals surface area contributed by atoms with E-state index in [2.05, 4.69) is 36.9 Å². The summed E-state index contributed by atoms with van der Waals surface area (Å²) in [4.78, 5) is 23.2. The Kier molecular flexibility index (Phi) is 9.02. The smallest absolute Gasteiger partial charge is 0.407 e. The van der Waals surface area contributed by atoms with Gasteiger partial charge in [0.05, 0.1) is 6.54 Å². The van der Waals surface area contributed by atoms with Crippen molar-refractivity contribution in [1.29, 1.82) is 0 Å². The quantitative estimate of drug-likeness (QED) is 0.368. The minimum absolute atomic E-state index is 0.414. The fourth-order valence-electron chi connectivity index (χ4n) is 3.03. The molecule has 1 aliphatic heterocycles. The lowest BCUT2D eigenvalue weighted by Gasteiger charge is -2.27. The molecule has 0 bridgehead atoms. The summed E-state index contributed by atoms with van der Waals surface area (Å²) in [6.07, 6.45) is 5.22. The van der Waals surface area contributed by atoms with E-state index in [1.54, 1.807) is 0 Å². The number of amides is 1. The Balaban J connectivity index is 1.83. The van der Waals surface area contributed by atoms with E-state index in [0.29, 0.717) is 19.6 Å². The van der Waals surface area contributed by atoms with E-state index in [1.165, 1.54) is 19.3 Å². The number of pyridine rings is 1. The summed E-state index contributed by atoms with van der Waals surface area (Å²) < 4.78 is 5.23. The van der Waals surface area contributed by atoms with Gasteiger partial charge in [-0.1, -0.05) is 0 Å². The number of hydrogen-bond donors (Lipinski definition) is 3. The van der Waals surface area contributed by atoms with Crippen LogP contribution in [0.25, 0.3) is 0 Å². The van der Waals surface area contributed by atoms with E-state index in [0.717, 1.165) is 37.0 Å². The van der Waals surface area contributed by atoms with Gasteiger partial charge in [0.15, 0.2) is 5.96 Å². The average Bonchev–Trinajstić information content (AvgIpc) is 2.69. The van der Waals surface area contributed by atoms with E-state index >= 15 is 0 Å². The molecule has 0 radical (unpaired) electrons. The average molecular weight is 405 g/mol. The molecule has 8 heteroatoms. The van der Waals surface area contributed by atoms with Crippen LogP contribution in [0.4, 0.5) is 10.6 Å². The lowest BCUT2D eigenvalue weighted by molar-refractivity contribution is 0.0529. The molecule has 0 aliphatic carbocycles. The normalized spacial score (nSPS) is 15.0. The third kappa shape index (κ3) is 9.02. The first-order chi connectivity index (χ1) is 13.9. The van der Waals surface area contributed by atoms with Crippen LogP contribution in [0.3, 0.4) is 0 Å². The number of nitrogens with zero attached hydrogens (tertiary/aromatic N) is 3. The number of aliphatic imine (C=N–C) groups is 1. The standard InChI is InChI=1S/C21H36N6O2/c1-5-22-19(24-11-12-25-20(28)29-21(2,3)4)26-16-17-9-10-23-18(15-17)27-13-7-6-8-14-27/h9-10,15H,5-8,11-14,16H2,1-4H3,(H,25,28)(H2,22,24,26). The van der Waals surface area contributed by atoms with Crippen molar-refractivity contribution in [2.24, 2.45) is 4.99 Å². The van der Waals surface area contributed by atoms with Crippen molar-refractivity contribution >= 4 is 17.9 Å². The van der Waals surface area contributed by atoms with E-state index < -0.39 is 11.7 Å². The highest BCUT2D eigenvalue weighted by molar-refractivity contribution is 5.79. The largest absolute Gasteiger partial charge is 0.444 e. The van der Waals surface area contributed by atoms with Crippen molar-refractivity contribution in [3.05, 3.63) is 23.9 Å². The molecule has 2 rings (SSSR count). The highest BCUT2D eigenvalue weighted by Gasteiger charge is 2.15. The van der Waals surface area contributed by atoms with Crippen LogP contribution in [0.5, 0.6) is 0 Å². The Morgan fingerprint density at radius 1 is 1.17 bits per heavy atom. The summed E-state index contributed by atoms with van der Waals surface area (Å²) in [7, 11) is 0. The highest BCUT2D eigenvalue weighted by atomic mass is 16.6. The van der Waals surface area contributed by atoms with Gasteiger partial charge in [0, 0.05) is 38.9 Å². The zero-order valence-electron chi connectivity index (χ0n) is 18.3. The number of piperidine rings is 1. The van der Waals surface area contributed by atoms with Crippen LogP contribution in [0.15, 0.2) is 23.3 Å². The number of carbonyl (C=O) groups excluding carboxylic acids is 1. The number of rotatable bonds is 7.